The molecule has 0 spiro atoms. The first-order valence-electron chi connectivity index (χ1n) is 10.2. The lowest BCUT2D eigenvalue weighted by molar-refractivity contribution is -0.123. The van der Waals surface area contributed by atoms with Gasteiger partial charge in [-0.2, -0.15) is 4.31 Å². The fraction of sp³-hybridized carbons (Fsp3) is 0.318. The number of esters is 1. The average Bonchev–Trinajstić information content (AvgIpc) is 2.75. The number of nitrogens with one attached hydrogen (secondary N) is 2. The molecule has 0 aliphatic heterocycles. The number of sulfonamides is 1. The standard InChI is InChI=1S/C22H26ClN3O6S/c1-5-26(6-2)33(30,31)18-11-12-20(23)19(13-18)22(29)32-14(3)21(28)25-17-9-7-16(8-10-17)24-15(4)27/h7-14H,5-6H2,1-4H3,(H,24,27)(H,25,28)/t14-/m1/s1. The van der Waals surface area contributed by atoms with Crippen LogP contribution in [0.25, 0.3) is 0 Å². The van der Waals surface area contributed by atoms with Gasteiger partial charge in [0.2, 0.25) is 15.9 Å². The van der Waals surface area contributed by atoms with Crippen molar-refractivity contribution in [1.29, 1.82) is 0 Å². The SMILES string of the molecule is CCN(CC)S(=O)(=O)c1ccc(Cl)c(C(=O)O[C@H](C)C(=O)Nc2ccc(NC(C)=O)cc2)c1. The summed E-state index contributed by atoms with van der Waals surface area (Å²) in [7, 11) is -3.81. The van der Waals surface area contributed by atoms with Crippen molar-refractivity contribution in [2.24, 2.45) is 0 Å². The smallest absolute Gasteiger partial charge is 0.340 e. The van der Waals surface area contributed by atoms with E-state index in [1.165, 1.54) is 30.3 Å². The van der Waals surface area contributed by atoms with Crippen LogP contribution in [-0.4, -0.2) is 49.7 Å². The average molecular weight is 496 g/mol. The number of hydrogen-bond donors (Lipinski definition) is 2. The van der Waals surface area contributed by atoms with E-state index in [0.29, 0.717) is 11.4 Å². The van der Waals surface area contributed by atoms with Gasteiger partial charge in [-0.1, -0.05) is 25.4 Å². The molecule has 0 unspecified atom stereocenters. The molecule has 2 rings (SSSR count). The minimum atomic E-state index is -3.81. The number of amides is 2. The number of halogens is 1. The van der Waals surface area contributed by atoms with Gasteiger partial charge in [0, 0.05) is 31.4 Å². The van der Waals surface area contributed by atoms with E-state index in [4.69, 9.17) is 16.3 Å². The van der Waals surface area contributed by atoms with Crippen molar-refractivity contribution in [2.75, 3.05) is 23.7 Å². The van der Waals surface area contributed by atoms with Gasteiger partial charge in [0.05, 0.1) is 15.5 Å². The molecule has 0 aromatic heterocycles. The van der Waals surface area contributed by atoms with Crippen molar-refractivity contribution < 1.29 is 27.5 Å². The number of nitrogens with zero attached hydrogens (tertiary/aromatic N) is 1. The monoisotopic (exact) mass is 495 g/mol. The molecule has 0 aliphatic rings. The topological polar surface area (TPSA) is 122 Å². The molecular weight excluding hydrogens is 470 g/mol. The van der Waals surface area contributed by atoms with E-state index in [0.717, 1.165) is 6.07 Å². The zero-order chi connectivity index (χ0) is 24.8. The van der Waals surface area contributed by atoms with E-state index in [1.54, 1.807) is 38.1 Å². The highest BCUT2D eigenvalue weighted by Gasteiger charge is 2.26. The predicted molar refractivity (Wildman–Crippen MR) is 126 cm³/mol. The Morgan fingerprint density at radius 3 is 2.06 bits per heavy atom. The summed E-state index contributed by atoms with van der Waals surface area (Å²) in [6, 6.07) is 10.1. The Kier molecular flexibility index (Phi) is 8.98. The molecule has 0 saturated heterocycles. The van der Waals surface area contributed by atoms with Crippen LogP contribution in [0, 0.1) is 0 Å². The molecule has 1 atom stereocenters. The summed E-state index contributed by atoms with van der Waals surface area (Å²) in [5.74, 6) is -1.75. The Morgan fingerprint density at radius 1 is 1.00 bits per heavy atom. The maximum Gasteiger partial charge on any atom is 0.340 e. The number of hydrogen-bond acceptors (Lipinski definition) is 6. The molecule has 0 aliphatic carbocycles. The van der Waals surface area contributed by atoms with Crippen molar-refractivity contribution in [2.45, 2.75) is 38.7 Å². The molecule has 178 valence electrons. The Balaban J connectivity index is 2.12. The van der Waals surface area contributed by atoms with Crippen molar-refractivity contribution in [3.8, 4) is 0 Å². The van der Waals surface area contributed by atoms with E-state index < -0.39 is 28.0 Å². The fourth-order valence-corrected chi connectivity index (χ4v) is 4.57. The van der Waals surface area contributed by atoms with Crippen LogP contribution in [-0.2, 0) is 24.3 Å². The van der Waals surface area contributed by atoms with Gasteiger partial charge < -0.3 is 15.4 Å². The second kappa shape index (κ2) is 11.3. The molecule has 0 fully saturated rings. The molecule has 9 nitrogen and oxygen atoms in total. The Bertz CT molecular complexity index is 1130. The first-order chi connectivity index (χ1) is 15.5. The molecule has 33 heavy (non-hydrogen) atoms. The molecule has 0 bridgehead atoms. The van der Waals surface area contributed by atoms with Crippen LogP contribution < -0.4 is 10.6 Å². The second-order valence-electron chi connectivity index (χ2n) is 7.03. The van der Waals surface area contributed by atoms with Gasteiger partial charge in [-0.05, 0) is 49.4 Å². The van der Waals surface area contributed by atoms with Crippen molar-refractivity contribution in [3.63, 3.8) is 0 Å². The van der Waals surface area contributed by atoms with Gasteiger partial charge in [0.1, 0.15) is 0 Å². The van der Waals surface area contributed by atoms with E-state index in [1.807, 2.05) is 0 Å². The zero-order valence-electron chi connectivity index (χ0n) is 18.7. The van der Waals surface area contributed by atoms with Crippen LogP contribution >= 0.6 is 11.6 Å². The third kappa shape index (κ3) is 6.77. The van der Waals surface area contributed by atoms with Crippen LogP contribution in [0.15, 0.2) is 47.4 Å². The molecule has 2 aromatic rings. The van der Waals surface area contributed by atoms with E-state index in [-0.39, 0.29) is 34.5 Å². The highest BCUT2D eigenvalue weighted by Crippen LogP contribution is 2.24. The maximum atomic E-state index is 12.7. The van der Waals surface area contributed by atoms with Crippen molar-refractivity contribution in [1.82, 2.24) is 4.31 Å². The molecule has 0 saturated carbocycles. The molecule has 0 heterocycles. The van der Waals surface area contributed by atoms with Gasteiger partial charge in [0.25, 0.3) is 5.91 Å². The van der Waals surface area contributed by atoms with Crippen LogP contribution in [0.2, 0.25) is 5.02 Å². The number of rotatable bonds is 9. The van der Waals surface area contributed by atoms with Gasteiger partial charge in [-0.15, -0.1) is 0 Å². The Hall–Kier alpha value is -2.95. The molecule has 2 aromatic carbocycles. The lowest BCUT2D eigenvalue weighted by Crippen LogP contribution is -2.31. The summed E-state index contributed by atoms with van der Waals surface area (Å²) < 4.78 is 31.9. The third-order valence-electron chi connectivity index (χ3n) is 4.63. The summed E-state index contributed by atoms with van der Waals surface area (Å²) in [5, 5.41) is 5.20. The molecular formula is C22H26ClN3O6S. The van der Waals surface area contributed by atoms with Gasteiger partial charge in [0.15, 0.2) is 6.10 Å². The largest absolute Gasteiger partial charge is 0.449 e. The highest BCUT2D eigenvalue weighted by atomic mass is 35.5. The van der Waals surface area contributed by atoms with Gasteiger partial charge in [-0.25, -0.2) is 13.2 Å². The van der Waals surface area contributed by atoms with Crippen molar-refractivity contribution >= 4 is 50.8 Å². The lowest BCUT2D eigenvalue weighted by atomic mass is 10.2. The minimum absolute atomic E-state index is 0.000310. The van der Waals surface area contributed by atoms with Crippen LogP contribution in [0.5, 0.6) is 0 Å². The quantitative estimate of drug-likeness (QED) is 0.513. The molecule has 11 heteroatoms. The molecule has 2 amide bonds. The second-order valence-corrected chi connectivity index (χ2v) is 9.37. The number of carbonyl (C=O) groups excluding carboxylic acids is 3. The fourth-order valence-electron chi connectivity index (χ4n) is 2.90. The molecule has 0 radical (unpaired) electrons. The number of anilines is 2. The first kappa shape index (κ1) is 26.3. The first-order valence-corrected chi connectivity index (χ1v) is 12.0. The normalized spacial score (nSPS) is 12.2. The summed E-state index contributed by atoms with van der Waals surface area (Å²) in [6.45, 7) is 6.71. The van der Waals surface area contributed by atoms with E-state index >= 15 is 0 Å². The van der Waals surface area contributed by atoms with Gasteiger partial charge in [-0.3, -0.25) is 9.59 Å². The van der Waals surface area contributed by atoms with E-state index in [2.05, 4.69) is 10.6 Å². The summed E-state index contributed by atoms with van der Waals surface area (Å²) >= 11 is 6.09. The zero-order valence-corrected chi connectivity index (χ0v) is 20.3. The van der Waals surface area contributed by atoms with Crippen molar-refractivity contribution in [3.05, 3.63) is 53.1 Å². The Labute approximate surface area is 198 Å². The number of benzene rings is 2. The van der Waals surface area contributed by atoms with Crippen LogP contribution in [0.1, 0.15) is 38.1 Å². The van der Waals surface area contributed by atoms with Crippen LogP contribution in [0.4, 0.5) is 11.4 Å². The lowest BCUT2D eigenvalue weighted by Gasteiger charge is -2.19. The minimum Gasteiger partial charge on any atom is -0.449 e. The number of carbonyl (C=O) groups is 3. The van der Waals surface area contributed by atoms with E-state index in [9.17, 15) is 22.8 Å². The predicted octanol–water partition coefficient (Wildman–Crippen LogP) is 3.51. The summed E-state index contributed by atoms with van der Waals surface area (Å²) in [5.41, 5.74) is 0.834. The van der Waals surface area contributed by atoms with Gasteiger partial charge >= 0.3 is 5.97 Å². The van der Waals surface area contributed by atoms with Crippen LogP contribution in [0.3, 0.4) is 0 Å². The highest BCUT2D eigenvalue weighted by molar-refractivity contribution is 7.89. The summed E-state index contributed by atoms with van der Waals surface area (Å²) in [4.78, 5) is 36.0. The Morgan fingerprint density at radius 2 is 1.55 bits per heavy atom. The third-order valence-corrected chi connectivity index (χ3v) is 7.00. The summed E-state index contributed by atoms with van der Waals surface area (Å²) in [6.07, 6.45) is -1.19. The number of ether oxygens (including phenoxy) is 1. The maximum absolute atomic E-state index is 12.7. The molecule has 2 N–H and O–H groups in total.